The van der Waals surface area contributed by atoms with E-state index in [9.17, 15) is 0 Å². The largest absolute Gasteiger partial charge is 0.313 e. The van der Waals surface area contributed by atoms with E-state index in [2.05, 4.69) is 39.3 Å². The Bertz CT molecular complexity index is 451. The first-order chi connectivity index (χ1) is 8.29. The Hall–Kier alpha value is -1.19. The van der Waals surface area contributed by atoms with E-state index in [1.165, 1.54) is 11.1 Å². The summed E-state index contributed by atoms with van der Waals surface area (Å²) in [6.07, 6.45) is 4.13. The highest BCUT2D eigenvalue weighted by Crippen LogP contribution is 2.20. The predicted octanol–water partition coefficient (Wildman–Crippen LogP) is 3.34. The van der Waals surface area contributed by atoms with E-state index in [1.54, 1.807) is 11.3 Å². The Morgan fingerprint density at radius 2 is 2.29 bits per heavy atom. The molecule has 90 valence electrons. The van der Waals surface area contributed by atoms with E-state index in [4.69, 9.17) is 0 Å². The summed E-state index contributed by atoms with van der Waals surface area (Å²) >= 11 is 1.77. The van der Waals surface area contributed by atoms with Gasteiger partial charge in [-0.05, 0) is 66.9 Å². The van der Waals surface area contributed by atoms with Crippen LogP contribution in [0.3, 0.4) is 0 Å². The lowest BCUT2D eigenvalue weighted by Crippen LogP contribution is -2.17. The van der Waals surface area contributed by atoms with Gasteiger partial charge in [-0.1, -0.05) is 0 Å². The van der Waals surface area contributed by atoms with Crippen LogP contribution < -0.4 is 5.32 Å². The van der Waals surface area contributed by atoms with Gasteiger partial charge >= 0.3 is 0 Å². The fourth-order valence-electron chi connectivity index (χ4n) is 2.01. The Kier molecular flexibility index (Phi) is 4.29. The average molecular weight is 246 g/mol. The van der Waals surface area contributed by atoms with E-state index in [1.807, 2.05) is 20.2 Å². The molecule has 17 heavy (non-hydrogen) atoms. The van der Waals surface area contributed by atoms with Gasteiger partial charge in [-0.3, -0.25) is 4.98 Å². The van der Waals surface area contributed by atoms with Gasteiger partial charge in [0.2, 0.25) is 0 Å². The second-order valence-corrected chi connectivity index (χ2v) is 5.02. The number of rotatable bonds is 5. The van der Waals surface area contributed by atoms with Gasteiger partial charge in [0, 0.05) is 17.9 Å². The Morgan fingerprint density at radius 1 is 1.41 bits per heavy atom. The zero-order chi connectivity index (χ0) is 12.1. The minimum Gasteiger partial charge on any atom is -0.313 e. The van der Waals surface area contributed by atoms with Crippen LogP contribution in [0.2, 0.25) is 0 Å². The topological polar surface area (TPSA) is 24.9 Å². The van der Waals surface area contributed by atoms with Crippen molar-refractivity contribution < 1.29 is 0 Å². The molecule has 0 saturated heterocycles. The van der Waals surface area contributed by atoms with Crippen LogP contribution >= 0.6 is 11.3 Å². The lowest BCUT2D eigenvalue weighted by atomic mass is 10.0. The number of thiophene rings is 1. The molecule has 0 bridgehead atoms. The summed E-state index contributed by atoms with van der Waals surface area (Å²) < 4.78 is 0. The van der Waals surface area contributed by atoms with Crippen molar-refractivity contribution >= 4 is 11.3 Å². The number of aromatic nitrogens is 1. The highest BCUT2D eigenvalue weighted by atomic mass is 32.1. The molecule has 0 aliphatic rings. The maximum absolute atomic E-state index is 4.24. The van der Waals surface area contributed by atoms with Crippen LogP contribution in [0.25, 0.3) is 0 Å². The van der Waals surface area contributed by atoms with Crippen LogP contribution in [0.1, 0.15) is 29.3 Å². The number of aryl methyl sites for hydroxylation is 2. The molecule has 2 nitrogen and oxygen atoms in total. The van der Waals surface area contributed by atoms with Crippen LogP contribution in [-0.4, -0.2) is 12.0 Å². The molecule has 2 rings (SSSR count). The molecule has 2 aromatic heterocycles. The molecule has 0 aliphatic carbocycles. The summed E-state index contributed by atoms with van der Waals surface area (Å²) in [7, 11) is 2.02. The van der Waals surface area contributed by atoms with Gasteiger partial charge in [-0.25, -0.2) is 0 Å². The van der Waals surface area contributed by atoms with Gasteiger partial charge in [0.25, 0.3) is 0 Å². The minimum atomic E-state index is 0.414. The lowest BCUT2D eigenvalue weighted by Gasteiger charge is -2.16. The number of pyridine rings is 1. The first-order valence-corrected chi connectivity index (χ1v) is 6.85. The van der Waals surface area contributed by atoms with E-state index in [0.717, 1.165) is 18.5 Å². The first-order valence-electron chi connectivity index (χ1n) is 5.90. The van der Waals surface area contributed by atoms with Gasteiger partial charge < -0.3 is 5.32 Å². The third-order valence-corrected chi connectivity index (χ3v) is 3.71. The molecule has 3 heteroatoms. The number of nitrogens with zero attached hydrogens (tertiary/aromatic N) is 1. The molecule has 0 aromatic carbocycles. The van der Waals surface area contributed by atoms with Crippen LogP contribution in [0.4, 0.5) is 0 Å². The molecule has 0 fully saturated rings. The minimum absolute atomic E-state index is 0.414. The monoisotopic (exact) mass is 246 g/mol. The van der Waals surface area contributed by atoms with Crippen LogP contribution in [0, 0.1) is 6.92 Å². The van der Waals surface area contributed by atoms with Gasteiger partial charge in [0.05, 0.1) is 0 Å². The summed E-state index contributed by atoms with van der Waals surface area (Å²) in [5.41, 5.74) is 3.84. The smallest absolute Gasteiger partial charge is 0.0375 e. The average Bonchev–Trinajstić information content (AvgIpc) is 2.83. The van der Waals surface area contributed by atoms with Crippen molar-refractivity contribution in [2.24, 2.45) is 0 Å². The van der Waals surface area contributed by atoms with Crippen LogP contribution in [-0.2, 0) is 6.42 Å². The number of hydrogen-bond donors (Lipinski definition) is 1. The molecule has 2 heterocycles. The molecule has 0 amide bonds. The second-order valence-electron chi connectivity index (χ2n) is 4.24. The summed E-state index contributed by atoms with van der Waals surface area (Å²) in [5.74, 6) is 0. The first kappa shape index (κ1) is 12.3. The molecule has 0 saturated carbocycles. The zero-order valence-electron chi connectivity index (χ0n) is 10.3. The van der Waals surface area contributed by atoms with Crippen LogP contribution in [0.15, 0.2) is 35.2 Å². The van der Waals surface area contributed by atoms with Crippen molar-refractivity contribution in [2.45, 2.75) is 25.8 Å². The number of hydrogen-bond acceptors (Lipinski definition) is 3. The van der Waals surface area contributed by atoms with Gasteiger partial charge in [0.1, 0.15) is 0 Å². The van der Waals surface area contributed by atoms with Crippen molar-refractivity contribution in [1.29, 1.82) is 0 Å². The van der Waals surface area contributed by atoms with Crippen molar-refractivity contribution in [1.82, 2.24) is 10.3 Å². The highest BCUT2D eigenvalue weighted by molar-refractivity contribution is 7.07. The summed E-state index contributed by atoms with van der Waals surface area (Å²) in [4.78, 5) is 4.24. The molecule has 0 radical (unpaired) electrons. The molecule has 1 atom stereocenters. The lowest BCUT2D eigenvalue weighted by molar-refractivity contribution is 0.548. The third-order valence-electron chi connectivity index (χ3n) is 2.97. The summed E-state index contributed by atoms with van der Waals surface area (Å²) in [6, 6.07) is 6.88. The molecule has 2 aromatic rings. The molecule has 1 unspecified atom stereocenters. The fourth-order valence-corrected chi connectivity index (χ4v) is 2.71. The summed E-state index contributed by atoms with van der Waals surface area (Å²) in [5, 5.41) is 7.75. The maximum atomic E-state index is 4.24. The highest BCUT2D eigenvalue weighted by Gasteiger charge is 2.09. The third kappa shape index (κ3) is 3.38. The molecular formula is C14H18N2S. The second kappa shape index (κ2) is 5.94. The Morgan fingerprint density at radius 3 is 2.94 bits per heavy atom. The maximum Gasteiger partial charge on any atom is 0.0375 e. The molecule has 0 aliphatic heterocycles. The van der Waals surface area contributed by atoms with Gasteiger partial charge in [-0.2, -0.15) is 11.3 Å². The zero-order valence-corrected chi connectivity index (χ0v) is 11.1. The molecule has 0 spiro atoms. The van der Waals surface area contributed by atoms with E-state index < -0.39 is 0 Å². The van der Waals surface area contributed by atoms with Gasteiger partial charge in [-0.15, -0.1) is 0 Å². The van der Waals surface area contributed by atoms with Crippen molar-refractivity contribution in [3.63, 3.8) is 0 Å². The molecular weight excluding hydrogens is 228 g/mol. The quantitative estimate of drug-likeness (QED) is 0.875. The van der Waals surface area contributed by atoms with Gasteiger partial charge in [0.15, 0.2) is 0 Å². The van der Waals surface area contributed by atoms with E-state index >= 15 is 0 Å². The van der Waals surface area contributed by atoms with Crippen LogP contribution in [0.5, 0.6) is 0 Å². The fraction of sp³-hybridized carbons (Fsp3) is 0.357. The Balaban J connectivity index is 2.01. The SMILES string of the molecule is CNC(CCc1ccsc1)c1ccnc(C)c1. The Labute approximate surface area is 107 Å². The standard InChI is InChI=1S/C14H18N2S/c1-11-9-13(5-7-16-11)14(15-2)4-3-12-6-8-17-10-12/h5-10,14-15H,3-4H2,1-2H3. The van der Waals surface area contributed by atoms with Crippen molar-refractivity contribution in [2.75, 3.05) is 7.05 Å². The van der Waals surface area contributed by atoms with Crippen molar-refractivity contribution in [3.05, 3.63) is 52.0 Å². The number of nitrogens with one attached hydrogen (secondary N) is 1. The molecule has 1 N–H and O–H groups in total. The predicted molar refractivity (Wildman–Crippen MR) is 73.4 cm³/mol. The normalized spacial score (nSPS) is 12.6. The van der Waals surface area contributed by atoms with E-state index in [0.29, 0.717) is 6.04 Å². The van der Waals surface area contributed by atoms with Crippen molar-refractivity contribution in [3.8, 4) is 0 Å². The summed E-state index contributed by atoms with van der Waals surface area (Å²) in [6.45, 7) is 2.04. The van der Waals surface area contributed by atoms with E-state index in [-0.39, 0.29) is 0 Å².